The van der Waals surface area contributed by atoms with Crippen LogP contribution in [0.25, 0.3) is 0 Å². The molecule has 0 aliphatic rings. The minimum atomic E-state index is -0.240. The van der Waals surface area contributed by atoms with Gasteiger partial charge in [-0.3, -0.25) is 4.79 Å². The zero-order valence-corrected chi connectivity index (χ0v) is 11.3. The largest absolute Gasteiger partial charge is 0.286 e. The first-order chi connectivity index (χ1) is 8.83. The number of carbonyl (C=O) groups is 1. The van der Waals surface area contributed by atoms with Crippen LogP contribution in [-0.4, -0.2) is 10.3 Å². The molecule has 2 rings (SSSR count). The Labute approximate surface area is 116 Å². The number of benzene rings is 2. The number of thioether (sulfide) groups is 1. The van der Waals surface area contributed by atoms with Crippen LogP contribution in [0.2, 0.25) is 0 Å². The van der Waals surface area contributed by atoms with Crippen LogP contribution in [0.1, 0.15) is 17.0 Å². The summed E-state index contributed by atoms with van der Waals surface area (Å²) in [5, 5.41) is 0.372. The summed E-state index contributed by atoms with van der Waals surface area (Å²) >= 11 is 6.81. The van der Waals surface area contributed by atoms with Gasteiger partial charge in [-0.15, -0.1) is 11.6 Å². The molecule has 2 aromatic carbocycles. The molecule has 0 aliphatic heterocycles. The fraction of sp³-hybridized carbons (Fsp3) is 0.133. The first kappa shape index (κ1) is 13.2. The van der Waals surface area contributed by atoms with E-state index in [-0.39, 0.29) is 16.2 Å². The third-order valence-corrected chi connectivity index (χ3v) is 3.65. The van der Waals surface area contributed by atoms with Gasteiger partial charge in [-0.25, -0.2) is 0 Å². The summed E-state index contributed by atoms with van der Waals surface area (Å²) in [5.74, 6) is -0.240. The van der Waals surface area contributed by atoms with Crippen molar-refractivity contribution >= 4 is 28.5 Å². The Morgan fingerprint density at radius 1 is 0.944 bits per heavy atom. The van der Waals surface area contributed by atoms with Gasteiger partial charge in [0.2, 0.25) is 5.12 Å². The molecule has 0 saturated carbocycles. The lowest BCUT2D eigenvalue weighted by atomic mass is 9.92. The number of hydrogen-bond donors (Lipinski definition) is 0. The van der Waals surface area contributed by atoms with Gasteiger partial charge in [0, 0.05) is 0 Å². The fourth-order valence-electron chi connectivity index (χ4n) is 1.89. The van der Waals surface area contributed by atoms with Gasteiger partial charge in [0.1, 0.15) is 0 Å². The Hall–Kier alpha value is -1.25. The lowest BCUT2D eigenvalue weighted by Gasteiger charge is -2.15. The Balaban J connectivity index is 2.38. The molecule has 0 aliphatic carbocycles. The highest BCUT2D eigenvalue weighted by Crippen LogP contribution is 2.29. The van der Waals surface area contributed by atoms with Crippen molar-refractivity contribution < 1.29 is 4.79 Å². The zero-order chi connectivity index (χ0) is 12.8. The number of hydrogen-bond acceptors (Lipinski definition) is 2. The summed E-state index contributed by atoms with van der Waals surface area (Å²) in [5.41, 5.74) is 2.01. The SMILES string of the molecule is O=C(SCCl)C(c1ccccc1)c1ccccc1. The Morgan fingerprint density at radius 2 is 1.39 bits per heavy atom. The van der Waals surface area contributed by atoms with E-state index in [4.69, 9.17) is 11.6 Å². The van der Waals surface area contributed by atoms with Crippen molar-refractivity contribution in [1.29, 1.82) is 0 Å². The summed E-state index contributed by atoms with van der Waals surface area (Å²) in [4.78, 5) is 12.2. The van der Waals surface area contributed by atoms with Crippen molar-refractivity contribution in [2.45, 2.75) is 5.92 Å². The molecule has 0 saturated heterocycles. The van der Waals surface area contributed by atoms with Gasteiger partial charge in [0.05, 0.1) is 11.1 Å². The Bertz CT molecular complexity index is 459. The average Bonchev–Trinajstić information content (AvgIpc) is 2.42. The van der Waals surface area contributed by atoms with Gasteiger partial charge in [0.25, 0.3) is 0 Å². The van der Waals surface area contributed by atoms with E-state index in [1.807, 2.05) is 60.7 Å². The van der Waals surface area contributed by atoms with Crippen molar-refractivity contribution in [3.8, 4) is 0 Å². The second kappa shape index (κ2) is 6.62. The van der Waals surface area contributed by atoms with Crippen LogP contribution in [-0.2, 0) is 4.79 Å². The van der Waals surface area contributed by atoms with Gasteiger partial charge >= 0.3 is 0 Å². The molecule has 3 heteroatoms. The minimum Gasteiger partial charge on any atom is -0.286 e. The Kier molecular flexibility index (Phi) is 4.85. The maximum absolute atomic E-state index is 12.2. The summed E-state index contributed by atoms with van der Waals surface area (Å²) in [6.07, 6.45) is 0. The molecular weight excluding hydrogens is 264 g/mol. The van der Waals surface area contributed by atoms with Crippen molar-refractivity contribution in [1.82, 2.24) is 0 Å². The molecule has 1 nitrogen and oxygen atoms in total. The molecule has 0 amide bonds. The van der Waals surface area contributed by atoms with Crippen molar-refractivity contribution in [3.63, 3.8) is 0 Å². The van der Waals surface area contributed by atoms with E-state index in [0.29, 0.717) is 0 Å². The monoisotopic (exact) mass is 276 g/mol. The normalized spacial score (nSPS) is 10.6. The fourth-order valence-corrected chi connectivity index (χ4v) is 2.76. The smallest absolute Gasteiger partial charge is 0.201 e. The summed E-state index contributed by atoms with van der Waals surface area (Å²) in [7, 11) is 0. The van der Waals surface area contributed by atoms with E-state index in [1.165, 1.54) is 0 Å². The molecule has 0 heterocycles. The molecule has 0 fully saturated rings. The van der Waals surface area contributed by atoms with E-state index >= 15 is 0 Å². The highest BCUT2D eigenvalue weighted by atomic mass is 35.5. The average molecular weight is 277 g/mol. The predicted molar refractivity (Wildman–Crippen MR) is 78.0 cm³/mol. The van der Waals surface area contributed by atoms with E-state index in [0.717, 1.165) is 22.9 Å². The molecule has 0 atom stereocenters. The highest BCUT2D eigenvalue weighted by molar-refractivity contribution is 8.14. The summed E-state index contributed by atoms with van der Waals surface area (Å²) < 4.78 is 0. The first-order valence-corrected chi connectivity index (χ1v) is 7.17. The molecule has 0 N–H and O–H groups in total. The second-order valence-electron chi connectivity index (χ2n) is 3.83. The lowest BCUT2D eigenvalue weighted by Crippen LogP contribution is -2.10. The zero-order valence-electron chi connectivity index (χ0n) is 9.75. The van der Waals surface area contributed by atoms with Crippen LogP contribution in [0.15, 0.2) is 60.7 Å². The first-order valence-electron chi connectivity index (χ1n) is 5.65. The van der Waals surface area contributed by atoms with E-state index in [9.17, 15) is 4.79 Å². The van der Waals surface area contributed by atoms with Gasteiger partial charge < -0.3 is 0 Å². The molecule has 0 unspecified atom stereocenters. The molecule has 2 aromatic rings. The number of halogens is 1. The molecule has 0 radical (unpaired) electrons. The highest BCUT2D eigenvalue weighted by Gasteiger charge is 2.22. The van der Waals surface area contributed by atoms with Crippen LogP contribution >= 0.6 is 23.4 Å². The molecule has 0 aromatic heterocycles. The summed E-state index contributed by atoms with van der Waals surface area (Å²) in [6, 6.07) is 19.6. The van der Waals surface area contributed by atoms with Crippen LogP contribution in [0.5, 0.6) is 0 Å². The molecule has 92 valence electrons. The number of alkyl halides is 1. The van der Waals surface area contributed by atoms with Gasteiger partial charge in [-0.2, -0.15) is 0 Å². The second-order valence-corrected chi connectivity index (χ2v) is 5.39. The summed E-state index contributed by atoms with van der Waals surface area (Å²) in [6.45, 7) is 0. The third kappa shape index (κ3) is 3.15. The van der Waals surface area contributed by atoms with Crippen molar-refractivity contribution in [3.05, 3.63) is 71.8 Å². The minimum absolute atomic E-state index is 0.0856. The van der Waals surface area contributed by atoms with E-state index < -0.39 is 0 Å². The number of rotatable bonds is 4. The number of carbonyl (C=O) groups excluding carboxylic acids is 1. The molecule has 0 bridgehead atoms. The van der Waals surface area contributed by atoms with E-state index in [1.54, 1.807) is 0 Å². The third-order valence-electron chi connectivity index (χ3n) is 2.70. The topological polar surface area (TPSA) is 17.1 Å². The molecule has 18 heavy (non-hydrogen) atoms. The van der Waals surface area contributed by atoms with Crippen LogP contribution in [0.3, 0.4) is 0 Å². The maximum Gasteiger partial charge on any atom is 0.201 e. The van der Waals surface area contributed by atoms with Crippen LogP contribution in [0, 0.1) is 0 Å². The van der Waals surface area contributed by atoms with Gasteiger partial charge in [-0.1, -0.05) is 72.4 Å². The maximum atomic E-state index is 12.2. The molecular formula is C15H13ClOS. The van der Waals surface area contributed by atoms with Crippen LogP contribution in [0.4, 0.5) is 0 Å². The quantitative estimate of drug-likeness (QED) is 0.776. The van der Waals surface area contributed by atoms with Crippen LogP contribution < -0.4 is 0 Å². The Morgan fingerprint density at radius 3 is 1.78 bits per heavy atom. The van der Waals surface area contributed by atoms with Crippen molar-refractivity contribution in [2.75, 3.05) is 5.21 Å². The standard InChI is InChI=1S/C15H13ClOS/c16-11-18-15(17)14(12-7-3-1-4-8-12)13-9-5-2-6-10-13/h1-10,14H,11H2. The van der Waals surface area contributed by atoms with Gasteiger partial charge in [-0.05, 0) is 11.1 Å². The van der Waals surface area contributed by atoms with Crippen molar-refractivity contribution in [2.24, 2.45) is 0 Å². The van der Waals surface area contributed by atoms with E-state index in [2.05, 4.69) is 0 Å². The predicted octanol–water partition coefficient (Wildman–Crippen LogP) is 4.27. The molecule has 0 spiro atoms. The van der Waals surface area contributed by atoms with Gasteiger partial charge in [0.15, 0.2) is 0 Å². The lowest BCUT2D eigenvalue weighted by molar-refractivity contribution is -0.111.